The molecule has 0 aromatic heterocycles. The smallest absolute Gasteiger partial charge is 0.240 e. The summed E-state index contributed by atoms with van der Waals surface area (Å²) in [7, 11) is 0.256. The summed E-state index contributed by atoms with van der Waals surface area (Å²) in [6, 6.07) is 5.91. The number of sulfonamides is 1. The molecule has 0 fully saturated rings. The van der Waals surface area contributed by atoms with Gasteiger partial charge in [-0.3, -0.25) is 4.79 Å². The normalized spacial score (nSPS) is 11.8. The van der Waals surface area contributed by atoms with Crippen molar-refractivity contribution in [2.75, 3.05) is 27.2 Å². The molecule has 0 saturated heterocycles. The number of likely N-dealkylation sites (N-methyl/N-ethyl adjacent to an activating group) is 1. The molecule has 0 saturated carbocycles. The molecule has 0 radical (unpaired) electrons. The van der Waals surface area contributed by atoms with Crippen molar-refractivity contribution in [1.82, 2.24) is 9.62 Å². The first-order chi connectivity index (χ1) is 8.33. The maximum absolute atomic E-state index is 11.9. The quantitative estimate of drug-likeness (QED) is 0.774. The molecule has 100 valence electrons. The van der Waals surface area contributed by atoms with Gasteiger partial charge in [0.05, 0.1) is 4.90 Å². The number of nitrogens with one attached hydrogen (secondary N) is 1. The average Bonchev–Trinajstić information content (AvgIpc) is 2.28. The van der Waals surface area contributed by atoms with E-state index in [1.54, 1.807) is 0 Å². The van der Waals surface area contributed by atoms with Gasteiger partial charge in [0.15, 0.2) is 5.78 Å². The third-order valence-electron chi connectivity index (χ3n) is 2.42. The SMILES string of the molecule is CC(=O)c1ccc(S(=O)(=O)NCCN(C)C)cc1. The number of rotatable bonds is 6. The summed E-state index contributed by atoms with van der Waals surface area (Å²) >= 11 is 0. The second-order valence-corrected chi connectivity index (χ2v) is 6.05. The van der Waals surface area contributed by atoms with Crippen molar-refractivity contribution in [3.8, 4) is 0 Å². The van der Waals surface area contributed by atoms with Crippen LogP contribution in [0.1, 0.15) is 17.3 Å². The zero-order valence-corrected chi connectivity index (χ0v) is 11.6. The largest absolute Gasteiger partial charge is 0.308 e. The molecule has 1 N–H and O–H groups in total. The zero-order chi connectivity index (χ0) is 13.8. The molecule has 0 aliphatic carbocycles. The molecule has 0 bridgehead atoms. The van der Waals surface area contributed by atoms with E-state index in [1.807, 2.05) is 19.0 Å². The van der Waals surface area contributed by atoms with Crippen LogP contribution in [0.2, 0.25) is 0 Å². The van der Waals surface area contributed by atoms with Crippen LogP contribution < -0.4 is 4.72 Å². The monoisotopic (exact) mass is 270 g/mol. The van der Waals surface area contributed by atoms with Crippen molar-refractivity contribution in [3.05, 3.63) is 29.8 Å². The Kier molecular flexibility index (Phi) is 5.01. The van der Waals surface area contributed by atoms with Crippen molar-refractivity contribution in [2.24, 2.45) is 0 Å². The van der Waals surface area contributed by atoms with Crippen LogP contribution in [-0.4, -0.2) is 46.3 Å². The van der Waals surface area contributed by atoms with E-state index < -0.39 is 10.0 Å². The molecule has 0 unspecified atom stereocenters. The predicted molar refractivity (Wildman–Crippen MR) is 70.2 cm³/mol. The fraction of sp³-hybridized carbons (Fsp3) is 0.417. The molecular formula is C12H18N2O3S. The Morgan fingerprint density at radius 2 is 1.78 bits per heavy atom. The van der Waals surface area contributed by atoms with Crippen molar-refractivity contribution in [3.63, 3.8) is 0 Å². The van der Waals surface area contributed by atoms with Crippen LogP contribution in [0, 0.1) is 0 Å². The maximum atomic E-state index is 11.9. The number of hydrogen-bond donors (Lipinski definition) is 1. The number of Topliss-reactive ketones (excluding diaryl/α,β-unsaturated/α-hetero) is 1. The van der Waals surface area contributed by atoms with Crippen LogP contribution >= 0.6 is 0 Å². The lowest BCUT2D eigenvalue weighted by molar-refractivity contribution is 0.101. The summed E-state index contributed by atoms with van der Waals surface area (Å²) in [6.45, 7) is 2.42. The standard InChI is InChI=1S/C12H18N2O3S/c1-10(15)11-4-6-12(7-5-11)18(16,17)13-8-9-14(2)3/h4-7,13H,8-9H2,1-3H3. The Morgan fingerprint density at radius 1 is 1.22 bits per heavy atom. The highest BCUT2D eigenvalue weighted by atomic mass is 32.2. The van der Waals surface area contributed by atoms with Crippen molar-refractivity contribution >= 4 is 15.8 Å². The van der Waals surface area contributed by atoms with E-state index in [2.05, 4.69) is 4.72 Å². The van der Waals surface area contributed by atoms with E-state index >= 15 is 0 Å². The first kappa shape index (κ1) is 14.8. The lowest BCUT2D eigenvalue weighted by atomic mass is 10.2. The predicted octanol–water partition coefficient (Wildman–Crippen LogP) is 0.729. The van der Waals surface area contributed by atoms with E-state index in [4.69, 9.17) is 0 Å². The van der Waals surface area contributed by atoms with Crippen LogP contribution in [-0.2, 0) is 10.0 Å². The molecule has 1 aromatic carbocycles. The summed E-state index contributed by atoms with van der Waals surface area (Å²) in [6.07, 6.45) is 0. The number of carbonyl (C=O) groups is 1. The lowest BCUT2D eigenvalue weighted by Crippen LogP contribution is -2.31. The maximum Gasteiger partial charge on any atom is 0.240 e. The minimum atomic E-state index is -3.49. The van der Waals surface area contributed by atoms with E-state index in [1.165, 1.54) is 31.2 Å². The highest BCUT2D eigenvalue weighted by molar-refractivity contribution is 7.89. The van der Waals surface area contributed by atoms with Gasteiger partial charge in [0.2, 0.25) is 10.0 Å². The van der Waals surface area contributed by atoms with E-state index in [9.17, 15) is 13.2 Å². The summed E-state index contributed by atoms with van der Waals surface area (Å²) in [5, 5.41) is 0. The number of benzene rings is 1. The Balaban J connectivity index is 2.76. The van der Waals surface area contributed by atoms with Crippen LogP contribution in [0.25, 0.3) is 0 Å². The number of carbonyl (C=O) groups excluding carboxylic acids is 1. The van der Waals surface area contributed by atoms with Gasteiger partial charge in [0.25, 0.3) is 0 Å². The fourth-order valence-electron chi connectivity index (χ4n) is 1.36. The van der Waals surface area contributed by atoms with Gasteiger partial charge in [0.1, 0.15) is 0 Å². The van der Waals surface area contributed by atoms with Crippen molar-refractivity contribution in [1.29, 1.82) is 0 Å². The molecule has 18 heavy (non-hydrogen) atoms. The number of ketones is 1. The molecule has 0 atom stereocenters. The molecule has 0 spiro atoms. The van der Waals surface area contributed by atoms with Gasteiger partial charge in [0, 0.05) is 18.7 Å². The third-order valence-corrected chi connectivity index (χ3v) is 3.90. The topological polar surface area (TPSA) is 66.5 Å². The second kappa shape index (κ2) is 6.08. The minimum absolute atomic E-state index is 0.0838. The van der Waals surface area contributed by atoms with Gasteiger partial charge in [-0.05, 0) is 33.2 Å². The second-order valence-electron chi connectivity index (χ2n) is 4.28. The summed E-state index contributed by atoms with van der Waals surface area (Å²) in [5.74, 6) is -0.0838. The summed E-state index contributed by atoms with van der Waals surface area (Å²) in [5.41, 5.74) is 0.502. The first-order valence-corrected chi connectivity index (χ1v) is 7.06. The van der Waals surface area contributed by atoms with Crippen molar-refractivity contribution in [2.45, 2.75) is 11.8 Å². The minimum Gasteiger partial charge on any atom is -0.308 e. The van der Waals surface area contributed by atoms with Gasteiger partial charge in [-0.15, -0.1) is 0 Å². The molecule has 0 heterocycles. The van der Waals surface area contributed by atoms with Gasteiger partial charge in [-0.1, -0.05) is 12.1 Å². The molecule has 0 aliphatic heterocycles. The average molecular weight is 270 g/mol. The Morgan fingerprint density at radius 3 is 2.22 bits per heavy atom. The van der Waals surface area contributed by atoms with Gasteiger partial charge < -0.3 is 4.90 Å². The molecule has 1 aromatic rings. The molecule has 0 amide bonds. The number of nitrogens with zero attached hydrogens (tertiary/aromatic N) is 1. The molecule has 6 heteroatoms. The first-order valence-electron chi connectivity index (χ1n) is 5.58. The van der Waals surface area contributed by atoms with Crippen LogP contribution in [0.3, 0.4) is 0 Å². The van der Waals surface area contributed by atoms with Crippen LogP contribution in [0.15, 0.2) is 29.2 Å². The van der Waals surface area contributed by atoms with E-state index in [-0.39, 0.29) is 10.7 Å². The van der Waals surface area contributed by atoms with Gasteiger partial charge in [-0.25, -0.2) is 13.1 Å². The highest BCUT2D eigenvalue weighted by Gasteiger charge is 2.13. The van der Waals surface area contributed by atoms with Gasteiger partial charge >= 0.3 is 0 Å². The molecular weight excluding hydrogens is 252 g/mol. The summed E-state index contributed by atoms with van der Waals surface area (Å²) in [4.78, 5) is 13.1. The Labute approximate surface area is 108 Å². The van der Waals surface area contributed by atoms with E-state index in [0.717, 1.165) is 0 Å². The third kappa shape index (κ3) is 4.21. The summed E-state index contributed by atoms with van der Waals surface area (Å²) < 4.78 is 26.3. The van der Waals surface area contributed by atoms with E-state index in [0.29, 0.717) is 18.7 Å². The zero-order valence-electron chi connectivity index (χ0n) is 10.8. The fourth-order valence-corrected chi connectivity index (χ4v) is 2.38. The lowest BCUT2D eigenvalue weighted by Gasteiger charge is -2.11. The Hall–Kier alpha value is -1.24. The van der Waals surface area contributed by atoms with Gasteiger partial charge in [-0.2, -0.15) is 0 Å². The van der Waals surface area contributed by atoms with Crippen LogP contribution in [0.5, 0.6) is 0 Å². The van der Waals surface area contributed by atoms with Crippen LogP contribution in [0.4, 0.5) is 0 Å². The Bertz CT molecular complexity index is 507. The molecule has 1 rings (SSSR count). The molecule has 5 nitrogen and oxygen atoms in total. The highest BCUT2D eigenvalue weighted by Crippen LogP contribution is 2.10. The number of hydrogen-bond acceptors (Lipinski definition) is 4. The van der Waals surface area contributed by atoms with Crippen molar-refractivity contribution < 1.29 is 13.2 Å². The molecule has 0 aliphatic rings.